The summed E-state index contributed by atoms with van der Waals surface area (Å²) < 4.78 is 8.55. The van der Waals surface area contributed by atoms with E-state index in [2.05, 4.69) is 35.5 Å². The van der Waals surface area contributed by atoms with Crippen LogP contribution in [-0.4, -0.2) is 24.2 Å². The minimum Gasteiger partial charge on any atom is -0.383 e. The van der Waals surface area contributed by atoms with Crippen LogP contribution in [-0.2, 0) is 16.1 Å². The van der Waals surface area contributed by atoms with Crippen LogP contribution in [0.5, 0.6) is 0 Å². The molecule has 31 heavy (non-hydrogen) atoms. The number of nitrogens with zero attached hydrogens (tertiary/aromatic N) is 2. The van der Waals surface area contributed by atoms with Gasteiger partial charge in [0, 0.05) is 13.7 Å². The molecule has 0 spiro atoms. The van der Waals surface area contributed by atoms with Crippen molar-refractivity contribution in [2.75, 3.05) is 13.7 Å². The summed E-state index contributed by atoms with van der Waals surface area (Å²) in [5, 5.41) is 0. The molecule has 0 atom stereocenters. The fraction of sp³-hybridized carbons (Fsp3) is 0.231. The number of thiazole rings is 1. The average molecular weight is 431 g/mol. The second kappa shape index (κ2) is 9.41. The molecule has 4 rings (SSSR count). The first-order valence-electron chi connectivity index (χ1n) is 10.4. The Labute approximate surface area is 186 Å². The van der Waals surface area contributed by atoms with Gasteiger partial charge in [0.25, 0.3) is 5.91 Å². The summed E-state index contributed by atoms with van der Waals surface area (Å²) in [5.74, 6) is -0.601. The fourth-order valence-electron chi connectivity index (χ4n) is 3.73. The zero-order chi connectivity index (χ0) is 21.8. The molecule has 4 nitrogen and oxygen atoms in total. The van der Waals surface area contributed by atoms with E-state index in [9.17, 15) is 4.79 Å². The zero-order valence-corrected chi connectivity index (χ0v) is 18.9. The Morgan fingerprint density at radius 2 is 1.55 bits per heavy atom. The molecule has 0 saturated heterocycles. The Morgan fingerprint density at radius 1 is 0.968 bits per heavy atom. The van der Waals surface area contributed by atoms with Crippen LogP contribution in [0.3, 0.4) is 0 Å². The minimum atomic E-state index is -0.438. The molecule has 3 aromatic carbocycles. The van der Waals surface area contributed by atoms with E-state index < -0.39 is 5.92 Å². The summed E-state index contributed by atoms with van der Waals surface area (Å²) in [5.41, 5.74) is 5.43. The molecule has 0 unspecified atom stereocenters. The molecule has 0 fully saturated rings. The summed E-state index contributed by atoms with van der Waals surface area (Å²) in [6, 6.07) is 24.1. The van der Waals surface area contributed by atoms with Gasteiger partial charge in [-0.1, -0.05) is 72.0 Å². The second-order valence-corrected chi connectivity index (χ2v) is 8.65. The number of fused-ring (bicyclic) bond motifs is 1. The van der Waals surface area contributed by atoms with Gasteiger partial charge in [-0.3, -0.25) is 4.79 Å². The smallest absolute Gasteiger partial charge is 0.260 e. The molecule has 1 amide bonds. The molecule has 4 aromatic rings. The van der Waals surface area contributed by atoms with E-state index >= 15 is 0 Å². The maximum Gasteiger partial charge on any atom is 0.260 e. The highest BCUT2D eigenvalue weighted by Gasteiger charge is 2.22. The molecular weight excluding hydrogens is 404 g/mol. The van der Waals surface area contributed by atoms with Crippen LogP contribution in [0.25, 0.3) is 10.2 Å². The van der Waals surface area contributed by atoms with Gasteiger partial charge in [-0.15, -0.1) is 0 Å². The van der Waals surface area contributed by atoms with Crippen LogP contribution in [0.2, 0.25) is 0 Å². The first-order chi connectivity index (χ1) is 15.1. The average Bonchev–Trinajstić information content (AvgIpc) is 3.09. The molecule has 0 aliphatic heterocycles. The van der Waals surface area contributed by atoms with E-state index in [-0.39, 0.29) is 5.91 Å². The fourth-order valence-corrected chi connectivity index (χ4v) is 4.87. The number of aryl methyl sites for hydroxylation is 2. The van der Waals surface area contributed by atoms with Gasteiger partial charge < -0.3 is 9.30 Å². The van der Waals surface area contributed by atoms with Gasteiger partial charge >= 0.3 is 0 Å². The van der Waals surface area contributed by atoms with E-state index in [4.69, 9.17) is 4.74 Å². The number of aromatic nitrogens is 1. The number of hydrogen-bond donors (Lipinski definition) is 0. The normalized spacial score (nSPS) is 12.1. The van der Waals surface area contributed by atoms with E-state index in [1.807, 2.05) is 60.7 Å². The third kappa shape index (κ3) is 4.53. The standard InChI is InChI=1S/C26H26N2O2S/c1-18-16-22-23(17-19(18)2)31-26(28(22)14-15-30-3)27-25(29)24(20-10-6-4-7-11-20)21-12-8-5-9-13-21/h4-13,16-17,24H,14-15H2,1-3H3. The number of carbonyl (C=O) groups is 1. The number of methoxy groups -OCH3 is 1. The summed E-state index contributed by atoms with van der Waals surface area (Å²) in [4.78, 5) is 18.9. The maximum atomic E-state index is 13.5. The SMILES string of the molecule is COCCn1c(=NC(=O)C(c2ccccc2)c2ccccc2)sc2cc(C)c(C)cc21. The third-order valence-corrected chi connectivity index (χ3v) is 6.58. The van der Waals surface area contributed by atoms with Crippen LogP contribution in [0, 0.1) is 13.8 Å². The Kier molecular flexibility index (Phi) is 6.44. The van der Waals surface area contributed by atoms with Crippen LogP contribution in [0.15, 0.2) is 77.8 Å². The highest BCUT2D eigenvalue weighted by Crippen LogP contribution is 2.27. The van der Waals surface area contributed by atoms with Gasteiger partial charge in [0.1, 0.15) is 0 Å². The molecular formula is C26H26N2O2S. The van der Waals surface area contributed by atoms with Crippen molar-refractivity contribution < 1.29 is 9.53 Å². The Bertz CT molecular complexity index is 1220. The maximum absolute atomic E-state index is 13.5. The van der Waals surface area contributed by atoms with Crippen LogP contribution >= 0.6 is 11.3 Å². The molecule has 5 heteroatoms. The first-order valence-corrected chi connectivity index (χ1v) is 11.2. The highest BCUT2D eigenvalue weighted by atomic mass is 32.1. The lowest BCUT2D eigenvalue weighted by Gasteiger charge is -2.14. The van der Waals surface area contributed by atoms with E-state index in [1.54, 1.807) is 18.4 Å². The van der Waals surface area contributed by atoms with E-state index in [0.717, 1.165) is 21.3 Å². The number of carbonyl (C=O) groups excluding carboxylic acids is 1. The van der Waals surface area contributed by atoms with Crippen molar-refractivity contribution in [3.8, 4) is 0 Å². The lowest BCUT2D eigenvalue weighted by molar-refractivity contribution is -0.118. The van der Waals surface area contributed by atoms with E-state index in [0.29, 0.717) is 18.0 Å². The number of benzene rings is 3. The summed E-state index contributed by atoms with van der Waals surface area (Å²) in [6.07, 6.45) is 0. The molecule has 0 radical (unpaired) electrons. The lowest BCUT2D eigenvalue weighted by Crippen LogP contribution is -2.22. The summed E-state index contributed by atoms with van der Waals surface area (Å²) >= 11 is 1.55. The number of hydrogen-bond acceptors (Lipinski definition) is 3. The third-order valence-electron chi connectivity index (χ3n) is 5.54. The van der Waals surface area contributed by atoms with Crippen molar-refractivity contribution in [1.82, 2.24) is 4.57 Å². The Hall–Kier alpha value is -3.02. The number of amides is 1. The van der Waals surface area contributed by atoms with Gasteiger partial charge in [-0.25, -0.2) is 0 Å². The molecule has 0 aliphatic carbocycles. The first kappa shape index (κ1) is 21.2. The van der Waals surface area contributed by atoms with Crippen LogP contribution in [0.4, 0.5) is 0 Å². The van der Waals surface area contributed by atoms with Crippen molar-refractivity contribution in [3.05, 3.63) is 99.9 Å². The predicted octanol–water partition coefficient (Wildman–Crippen LogP) is 5.23. The van der Waals surface area contributed by atoms with Crippen molar-refractivity contribution in [2.24, 2.45) is 4.99 Å². The topological polar surface area (TPSA) is 43.6 Å². The number of ether oxygens (including phenoxy) is 1. The predicted molar refractivity (Wildman–Crippen MR) is 126 cm³/mol. The van der Waals surface area contributed by atoms with Crippen molar-refractivity contribution in [3.63, 3.8) is 0 Å². The van der Waals surface area contributed by atoms with Gasteiger partial charge in [0.2, 0.25) is 0 Å². The molecule has 1 heterocycles. The minimum absolute atomic E-state index is 0.163. The zero-order valence-electron chi connectivity index (χ0n) is 18.0. The van der Waals surface area contributed by atoms with Crippen molar-refractivity contribution >= 4 is 27.5 Å². The van der Waals surface area contributed by atoms with Crippen molar-refractivity contribution in [1.29, 1.82) is 0 Å². The summed E-state index contributed by atoms with van der Waals surface area (Å²) in [7, 11) is 1.69. The monoisotopic (exact) mass is 430 g/mol. The quantitative estimate of drug-likeness (QED) is 0.421. The van der Waals surface area contributed by atoms with Crippen molar-refractivity contribution in [2.45, 2.75) is 26.3 Å². The molecule has 0 aliphatic rings. The Balaban J connectivity index is 1.86. The molecule has 158 valence electrons. The largest absolute Gasteiger partial charge is 0.383 e. The van der Waals surface area contributed by atoms with Gasteiger partial charge in [-0.05, 0) is 48.2 Å². The Morgan fingerprint density at radius 3 is 2.13 bits per heavy atom. The summed E-state index contributed by atoms with van der Waals surface area (Å²) in [6.45, 7) is 5.42. The molecule has 0 saturated carbocycles. The van der Waals surface area contributed by atoms with Gasteiger partial charge in [0.05, 0.1) is 22.7 Å². The van der Waals surface area contributed by atoms with E-state index in [1.165, 1.54) is 11.1 Å². The molecule has 0 bridgehead atoms. The number of rotatable bonds is 6. The lowest BCUT2D eigenvalue weighted by atomic mass is 9.91. The van der Waals surface area contributed by atoms with Crippen LogP contribution < -0.4 is 4.80 Å². The second-order valence-electron chi connectivity index (χ2n) is 7.64. The van der Waals surface area contributed by atoms with Gasteiger partial charge in [-0.2, -0.15) is 4.99 Å². The molecule has 0 N–H and O–H groups in total. The van der Waals surface area contributed by atoms with Gasteiger partial charge in [0.15, 0.2) is 4.80 Å². The van der Waals surface area contributed by atoms with Crippen LogP contribution in [0.1, 0.15) is 28.2 Å². The molecule has 1 aromatic heterocycles. The highest BCUT2D eigenvalue weighted by molar-refractivity contribution is 7.16.